The summed E-state index contributed by atoms with van der Waals surface area (Å²) >= 11 is 6.55. The Bertz CT molecular complexity index is 95.0. The summed E-state index contributed by atoms with van der Waals surface area (Å²) in [6.45, 7) is 1.51. The smallest absolute Gasteiger partial charge is 0.135 e. The Kier molecular flexibility index (Phi) is 5.13. The molecule has 0 aliphatic heterocycles. The van der Waals surface area contributed by atoms with Crippen LogP contribution in [0.2, 0.25) is 0 Å². The predicted octanol–water partition coefficient (Wildman–Crippen LogP) is 0.525. The van der Waals surface area contributed by atoms with Gasteiger partial charge < -0.3 is 10.6 Å². The van der Waals surface area contributed by atoms with Crippen molar-refractivity contribution in [1.82, 2.24) is 4.90 Å². The maximum absolute atomic E-state index is 5.31. The summed E-state index contributed by atoms with van der Waals surface area (Å²) < 4.78 is 0.903. The fourth-order valence-electron chi connectivity index (χ4n) is 0.441. The van der Waals surface area contributed by atoms with Crippen LogP contribution in [0.4, 0.5) is 0 Å². The van der Waals surface area contributed by atoms with Gasteiger partial charge in [0.25, 0.3) is 0 Å². The van der Waals surface area contributed by atoms with Crippen molar-refractivity contribution in [3.05, 3.63) is 0 Å². The molecule has 0 aliphatic rings. The lowest BCUT2D eigenvalue weighted by molar-refractivity contribution is 0.534. The van der Waals surface area contributed by atoms with Gasteiger partial charge in [-0.25, -0.2) is 0 Å². The number of nitrogens with zero attached hydrogens (tertiary/aromatic N) is 1. The highest BCUT2D eigenvalue weighted by Gasteiger charge is 1.98. The SMILES string of the molecule is CSC(=S)N(C)CCN. The van der Waals surface area contributed by atoms with E-state index in [0.717, 1.165) is 10.9 Å². The molecule has 0 heterocycles. The first kappa shape index (κ1) is 9.20. The highest BCUT2D eigenvalue weighted by Crippen LogP contribution is 2.00. The minimum atomic E-state index is 0.664. The fourth-order valence-corrected chi connectivity index (χ4v) is 0.935. The summed E-state index contributed by atoms with van der Waals surface area (Å²) in [7, 11) is 1.95. The number of hydrogen-bond donors (Lipinski definition) is 1. The van der Waals surface area contributed by atoms with Gasteiger partial charge in [0.15, 0.2) is 0 Å². The van der Waals surface area contributed by atoms with Crippen molar-refractivity contribution < 1.29 is 0 Å². The first-order valence-electron chi connectivity index (χ1n) is 2.71. The summed E-state index contributed by atoms with van der Waals surface area (Å²) in [6, 6.07) is 0. The second kappa shape index (κ2) is 5.02. The molecule has 0 aromatic heterocycles. The number of nitrogens with two attached hydrogens (primary N) is 1. The summed E-state index contributed by atoms with van der Waals surface area (Å²) in [4.78, 5) is 1.97. The van der Waals surface area contributed by atoms with E-state index in [1.807, 2.05) is 18.2 Å². The highest BCUT2D eigenvalue weighted by molar-refractivity contribution is 8.22. The highest BCUT2D eigenvalue weighted by atomic mass is 32.2. The lowest BCUT2D eigenvalue weighted by atomic mass is 10.6. The van der Waals surface area contributed by atoms with E-state index in [1.54, 1.807) is 11.8 Å². The summed E-state index contributed by atoms with van der Waals surface area (Å²) in [6.07, 6.45) is 1.97. The van der Waals surface area contributed by atoms with Crippen LogP contribution in [-0.4, -0.2) is 35.6 Å². The average Bonchev–Trinajstić information content (AvgIpc) is 1.87. The van der Waals surface area contributed by atoms with Crippen LogP contribution in [0.1, 0.15) is 0 Å². The molecule has 0 aliphatic carbocycles. The molecule has 0 amide bonds. The molecular weight excluding hydrogens is 152 g/mol. The molecule has 2 N–H and O–H groups in total. The third kappa shape index (κ3) is 3.72. The zero-order chi connectivity index (χ0) is 7.28. The van der Waals surface area contributed by atoms with Gasteiger partial charge in [-0.3, -0.25) is 0 Å². The van der Waals surface area contributed by atoms with E-state index in [1.165, 1.54) is 0 Å². The molecule has 9 heavy (non-hydrogen) atoms. The van der Waals surface area contributed by atoms with Crippen LogP contribution in [-0.2, 0) is 0 Å². The second-order valence-corrected chi connectivity index (χ2v) is 3.12. The predicted molar refractivity (Wildman–Crippen MR) is 47.8 cm³/mol. The van der Waals surface area contributed by atoms with Crippen LogP contribution in [0.3, 0.4) is 0 Å². The Morgan fingerprint density at radius 1 is 1.78 bits per heavy atom. The number of hydrogen-bond acceptors (Lipinski definition) is 3. The third-order valence-corrected chi connectivity index (χ3v) is 2.42. The number of thioether (sulfide) groups is 1. The van der Waals surface area contributed by atoms with Crippen LogP contribution >= 0.6 is 24.0 Å². The second-order valence-electron chi connectivity index (χ2n) is 1.68. The average molecular weight is 164 g/mol. The van der Waals surface area contributed by atoms with Crippen molar-refractivity contribution in [2.75, 3.05) is 26.4 Å². The largest absolute Gasteiger partial charge is 0.359 e. The Hall–Kier alpha value is 0.200. The Morgan fingerprint density at radius 2 is 2.33 bits per heavy atom. The van der Waals surface area contributed by atoms with Crippen LogP contribution in [0, 0.1) is 0 Å². The molecule has 0 saturated carbocycles. The third-order valence-electron chi connectivity index (χ3n) is 0.951. The zero-order valence-electron chi connectivity index (χ0n) is 5.76. The van der Waals surface area contributed by atoms with E-state index in [-0.39, 0.29) is 0 Å². The van der Waals surface area contributed by atoms with Crippen molar-refractivity contribution in [2.24, 2.45) is 5.73 Å². The minimum Gasteiger partial charge on any atom is -0.359 e. The lowest BCUT2D eigenvalue weighted by Crippen LogP contribution is -2.28. The van der Waals surface area contributed by atoms with Gasteiger partial charge in [0, 0.05) is 20.1 Å². The summed E-state index contributed by atoms with van der Waals surface area (Å²) in [5, 5.41) is 0. The molecule has 0 bridgehead atoms. The van der Waals surface area contributed by atoms with Gasteiger partial charge in [-0.1, -0.05) is 12.2 Å². The van der Waals surface area contributed by atoms with E-state index >= 15 is 0 Å². The van der Waals surface area contributed by atoms with Crippen molar-refractivity contribution in [3.63, 3.8) is 0 Å². The van der Waals surface area contributed by atoms with E-state index in [4.69, 9.17) is 18.0 Å². The van der Waals surface area contributed by atoms with Crippen molar-refractivity contribution in [3.8, 4) is 0 Å². The molecule has 4 heteroatoms. The summed E-state index contributed by atoms with van der Waals surface area (Å²) in [5.74, 6) is 0. The van der Waals surface area contributed by atoms with Crippen LogP contribution in [0.15, 0.2) is 0 Å². The standard InChI is InChI=1S/C5H12N2S2/c1-7(4-3-6)5(8)9-2/h3-4,6H2,1-2H3. The van der Waals surface area contributed by atoms with Crippen LogP contribution in [0.5, 0.6) is 0 Å². The summed E-state index contributed by atoms with van der Waals surface area (Å²) in [5.41, 5.74) is 5.31. The molecule has 2 nitrogen and oxygen atoms in total. The van der Waals surface area contributed by atoms with Gasteiger partial charge in [0.1, 0.15) is 4.32 Å². The van der Waals surface area contributed by atoms with E-state index in [9.17, 15) is 0 Å². The fraction of sp³-hybridized carbons (Fsp3) is 0.800. The van der Waals surface area contributed by atoms with Gasteiger partial charge in [-0.2, -0.15) is 0 Å². The number of likely N-dealkylation sites (N-methyl/N-ethyl adjacent to an activating group) is 1. The van der Waals surface area contributed by atoms with Gasteiger partial charge in [-0.15, -0.1) is 11.8 Å². The van der Waals surface area contributed by atoms with Gasteiger partial charge in [0.2, 0.25) is 0 Å². The molecule has 54 valence electrons. The molecule has 0 fully saturated rings. The molecule has 0 rings (SSSR count). The first-order chi connectivity index (χ1) is 4.22. The number of thiocarbonyl (C=S) groups is 1. The first-order valence-corrected chi connectivity index (χ1v) is 4.34. The van der Waals surface area contributed by atoms with Gasteiger partial charge >= 0.3 is 0 Å². The Morgan fingerprint density at radius 3 is 2.67 bits per heavy atom. The van der Waals surface area contributed by atoms with Crippen molar-refractivity contribution in [2.45, 2.75) is 0 Å². The van der Waals surface area contributed by atoms with Crippen molar-refractivity contribution >= 4 is 28.3 Å². The minimum absolute atomic E-state index is 0.664. The molecule has 0 spiro atoms. The van der Waals surface area contributed by atoms with Crippen LogP contribution in [0.25, 0.3) is 0 Å². The molecular formula is C5H12N2S2. The maximum atomic E-state index is 5.31. The molecule has 0 aromatic rings. The van der Waals surface area contributed by atoms with Gasteiger partial charge in [-0.05, 0) is 6.26 Å². The topological polar surface area (TPSA) is 29.3 Å². The molecule has 0 radical (unpaired) electrons. The van der Waals surface area contributed by atoms with E-state index < -0.39 is 0 Å². The normalized spacial score (nSPS) is 9.22. The molecule has 0 saturated heterocycles. The Labute approximate surface area is 65.8 Å². The zero-order valence-corrected chi connectivity index (χ0v) is 7.39. The number of rotatable bonds is 2. The molecule has 0 unspecified atom stereocenters. The molecule has 0 aromatic carbocycles. The quantitative estimate of drug-likeness (QED) is 0.603. The monoisotopic (exact) mass is 164 g/mol. The lowest BCUT2D eigenvalue weighted by Gasteiger charge is -2.16. The van der Waals surface area contributed by atoms with Crippen molar-refractivity contribution in [1.29, 1.82) is 0 Å². The van der Waals surface area contributed by atoms with Crippen LogP contribution < -0.4 is 5.73 Å². The van der Waals surface area contributed by atoms with E-state index in [2.05, 4.69) is 0 Å². The Balaban J connectivity index is 3.45. The van der Waals surface area contributed by atoms with E-state index in [0.29, 0.717) is 6.54 Å². The van der Waals surface area contributed by atoms with Gasteiger partial charge in [0.05, 0.1) is 0 Å². The molecule has 0 atom stereocenters. The maximum Gasteiger partial charge on any atom is 0.135 e.